The third-order valence-corrected chi connectivity index (χ3v) is 6.71. The van der Waals surface area contributed by atoms with Gasteiger partial charge in [-0.15, -0.1) is 0 Å². The highest BCUT2D eigenvalue weighted by molar-refractivity contribution is 5.99. The Kier molecular flexibility index (Phi) is 7.99. The van der Waals surface area contributed by atoms with Gasteiger partial charge in [0.15, 0.2) is 16.9 Å². The molecule has 0 fully saturated rings. The molecule has 7 nitrogen and oxygen atoms in total. The van der Waals surface area contributed by atoms with Crippen LogP contribution in [0, 0.1) is 13.8 Å². The highest BCUT2D eigenvalue weighted by Crippen LogP contribution is 2.41. The second kappa shape index (κ2) is 11.2. The van der Waals surface area contributed by atoms with E-state index in [9.17, 15) is 9.59 Å². The molecule has 1 aliphatic heterocycles. The number of fused-ring (bicyclic) bond motifs is 2. The standard InChI is InChI=1S/C29H35NO6/c1-6-7-8-9-13-35-21-11-10-20(17-22(21)34-5)26-25-27(31)24-19(3)15-18(2)16-23(24)36-28(25)29(32)30(26)12-14-33-4/h10-11,15-17,26H,6-9,12-14H2,1-5H3. The number of ether oxygens (including phenoxy) is 3. The summed E-state index contributed by atoms with van der Waals surface area (Å²) in [5.41, 5.74) is 3.15. The van der Waals surface area contributed by atoms with E-state index in [1.54, 1.807) is 25.2 Å². The molecular weight excluding hydrogens is 458 g/mol. The van der Waals surface area contributed by atoms with Crippen LogP contribution in [-0.4, -0.2) is 44.8 Å². The van der Waals surface area contributed by atoms with Gasteiger partial charge in [-0.3, -0.25) is 9.59 Å². The molecule has 0 bridgehead atoms. The summed E-state index contributed by atoms with van der Waals surface area (Å²) in [6.45, 7) is 7.26. The molecule has 0 N–H and O–H groups in total. The minimum absolute atomic E-state index is 0.0915. The Hall–Kier alpha value is -3.32. The third kappa shape index (κ3) is 4.85. The van der Waals surface area contributed by atoms with E-state index in [0.29, 0.717) is 47.8 Å². The molecule has 192 valence electrons. The first-order valence-electron chi connectivity index (χ1n) is 12.6. The number of nitrogens with zero attached hydrogens (tertiary/aromatic N) is 1. The summed E-state index contributed by atoms with van der Waals surface area (Å²) >= 11 is 0. The largest absolute Gasteiger partial charge is 0.493 e. The van der Waals surface area contributed by atoms with E-state index in [0.717, 1.165) is 29.5 Å². The minimum Gasteiger partial charge on any atom is -0.493 e. The molecule has 1 aromatic heterocycles. The van der Waals surface area contributed by atoms with Gasteiger partial charge >= 0.3 is 0 Å². The second-order valence-electron chi connectivity index (χ2n) is 9.34. The van der Waals surface area contributed by atoms with Crippen molar-refractivity contribution >= 4 is 16.9 Å². The fraction of sp³-hybridized carbons (Fsp3) is 0.448. The molecule has 2 aromatic carbocycles. The topological polar surface area (TPSA) is 78.2 Å². The monoisotopic (exact) mass is 493 g/mol. The molecule has 1 aliphatic rings. The lowest BCUT2D eigenvalue weighted by Gasteiger charge is -2.25. The first-order chi connectivity index (χ1) is 17.4. The summed E-state index contributed by atoms with van der Waals surface area (Å²) < 4.78 is 23.0. The van der Waals surface area contributed by atoms with Crippen LogP contribution in [0.25, 0.3) is 11.0 Å². The van der Waals surface area contributed by atoms with E-state index in [2.05, 4.69) is 6.92 Å². The maximum absolute atomic E-state index is 13.8. The summed E-state index contributed by atoms with van der Waals surface area (Å²) in [7, 11) is 3.18. The first-order valence-corrected chi connectivity index (χ1v) is 12.6. The maximum atomic E-state index is 13.8. The van der Waals surface area contributed by atoms with Crippen LogP contribution >= 0.6 is 0 Å². The Morgan fingerprint density at radius 3 is 2.50 bits per heavy atom. The SMILES string of the molecule is CCCCCCOc1ccc(C2c3c(oc4cc(C)cc(C)c4c3=O)C(=O)N2CCOC)cc1OC. The van der Waals surface area contributed by atoms with Gasteiger partial charge in [-0.2, -0.15) is 0 Å². The van der Waals surface area contributed by atoms with E-state index < -0.39 is 6.04 Å². The van der Waals surface area contributed by atoms with Crippen molar-refractivity contribution in [2.45, 2.75) is 52.5 Å². The molecule has 0 spiro atoms. The van der Waals surface area contributed by atoms with E-state index >= 15 is 0 Å². The molecule has 0 saturated heterocycles. The van der Waals surface area contributed by atoms with Crippen molar-refractivity contribution in [3.05, 3.63) is 68.6 Å². The van der Waals surface area contributed by atoms with Crippen LogP contribution in [0.15, 0.2) is 39.5 Å². The molecule has 2 heterocycles. The van der Waals surface area contributed by atoms with Gasteiger partial charge in [0.1, 0.15) is 5.58 Å². The third-order valence-electron chi connectivity index (χ3n) is 6.71. The van der Waals surface area contributed by atoms with Crippen molar-refractivity contribution in [1.82, 2.24) is 4.90 Å². The van der Waals surface area contributed by atoms with Gasteiger partial charge in [0.05, 0.1) is 37.3 Å². The quantitative estimate of drug-likeness (QED) is 0.325. The van der Waals surface area contributed by atoms with Crippen molar-refractivity contribution in [1.29, 1.82) is 0 Å². The summed E-state index contributed by atoms with van der Waals surface area (Å²) in [4.78, 5) is 28.9. The zero-order valence-corrected chi connectivity index (χ0v) is 21.8. The molecule has 36 heavy (non-hydrogen) atoms. The lowest BCUT2D eigenvalue weighted by atomic mass is 9.96. The van der Waals surface area contributed by atoms with Crippen LogP contribution in [0.2, 0.25) is 0 Å². The molecule has 0 aliphatic carbocycles. The average molecular weight is 494 g/mol. The van der Waals surface area contributed by atoms with Crippen LogP contribution < -0.4 is 14.9 Å². The molecule has 4 rings (SSSR count). The van der Waals surface area contributed by atoms with Gasteiger partial charge in [-0.05, 0) is 55.2 Å². The minimum atomic E-state index is -0.614. The highest BCUT2D eigenvalue weighted by Gasteiger charge is 2.43. The lowest BCUT2D eigenvalue weighted by Crippen LogP contribution is -2.32. The Labute approximate surface area is 212 Å². The molecule has 0 saturated carbocycles. The number of carbonyl (C=O) groups is 1. The zero-order valence-electron chi connectivity index (χ0n) is 21.8. The number of aryl methyl sites for hydroxylation is 2. The van der Waals surface area contributed by atoms with Crippen LogP contribution in [-0.2, 0) is 4.74 Å². The molecule has 1 amide bonds. The summed E-state index contributed by atoms with van der Waals surface area (Å²) in [5, 5.41) is 0.504. The molecule has 3 aromatic rings. The summed E-state index contributed by atoms with van der Waals surface area (Å²) in [6, 6.07) is 8.73. The number of rotatable bonds is 11. The van der Waals surface area contributed by atoms with E-state index in [-0.39, 0.29) is 17.1 Å². The number of unbranched alkanes of at least 4 members (excludes halogenated alkanes) is 3. The van der Waals surface area contributed by atoms with Crippen LogP contribution in [0.3, 0.4) is 0 Å². The molecule has 1 unspecified atom stereocenters. The van der Waals surface area contributed by atoms with Gasteiger partial charge in [-0.1, -0.05) is 38.3 Å². The van der Waals surface area contributed by atoms with Gasteiger partial charge in [-0.25, -0.2) is 0 Å². The van der Waals surface area contributed by atoms with Crippen LogP contribution in [0.4, 0.5) is 0 Å². The number of hydrogen-bond donors (Lipinski definition) is 0. The lowest BCUT2D eigenvalue weighted by molar-refractivity contribution is 0.0663. The van der Waals surface area contributed by atoms with Gasteiger partial charge in [0, 0.05) is 13.7 Å². The zero-order chi connectivity index (χ0) is 25.8. The molecular formula is C29H35NO6. The van der Waals surface area contributed by atoms with Crippen molar-refractivity contribution in [3.63, 3.8) is 0 Å². The van der Waals surface area contributed by atoms with E-state index in [1.807, 2.05) is 38.1 Å². The van der Waals surface area contributed by atoms with E-state index in [1.165, 1.54) is 12.8 Å². The second-order valence-corrected chi connectivity index (χ2v) is 9.34. The van der Waals surface area contributed by atoms with Gasteiger partial charge in [0.25, 0.3) is 5.91 Å². The average Bonchev–Trinajstić information content (AvgIpc) is 3.13. The van der Waals surface area contributed by atoms with Gasteiger partial charge < -0.3 is 23.5 Å². The number of hydrogen-bond acceptors (Lipinski definition) is 6. The van der Waals surface area contributed by atoms with Crippen molar-refractivity contribution < 1.29 is 23.4 Å². The number of methoxy groups -OCH3 is 2. The van der Waals surface area contributed by atoms with Crippen molar-refractivity contribution in [3.8, 4) is 11.5 Å². The van der Waals surface area contributed by atoms with Crippen LogP contribution in [0.5, 0.6) is 11.5 Å². The molecule has 7 heteroatoms. The number of amides is 1. The smallest absolute Gasteiger partial charge is 0.290 e. The van der Waals surface area contributed by atoms with Crippen LogP contribution in [0.1, 0.15) is 71.5 Å². The molecule has 0 radical (unpaired) electrons. The fourth-order valence-electron chi connectivity index (χ4n) is 4.96. The summed E-state index contributed by atoms with van der Waals surface area (Å²) in [5.74, 6) is 0.976. The Balaban J connectivity index is 1.79. The predicted molar refractivity (Wildman–Crippen MR) is 139 cm³/mol. The molecule has 1 atom stereocenters. The van der Waals surface area contributed by atoms with Crippen molar-refractivity contribution in [2.24, 2.45) is 0 Å². The number of carbonyl (C=O) groups excluding carboxylic acids is 1. The first kappa shape index (κ1) is 25.8. The highest BCUT2D eigenvalue weighted by atomic mass is 16.5. The van der Waals surface area contributed by atoms with E-state index in [4.69, 9.17) is 18.6 Å². The Morgan fingerprint density at radius 2 is 1.78 bits per heavy atom. The Bertz CT molecular complexity index is 1310. The number of benzene rings is 2. The maximum Gasteiger partial charge on any atom is 0.290 e. The Morgan fingerprint density at radius 1 is 0.972 bits per heavy atom. The normalized spacial score (nSPS) is 15.0. The summed E-state index contributed by atoms with van der Waals surface area (Å²) in [6.07, 6.45) is 4.44. The fourth-order valence-corrected chi connectivity index (χ4v) is 4.96. The van der Waals surface area contributed by atoms with Gasteiger partial charge in [0.2, 0.25) is 5.76 Å². The predicted octanol–water partition coefficient (Wildman–Crippen LogP) is 5.57. The van der Waals surface area contributed by atoms with Crippen molar-refractivity contribution in [2.75, 3.05) is 34.0 Å².